The minimum Gasteiger partial charge on any atom is -0.461 e. The summed E-state index contributed by atoms with van der Waals surface area (Å²) in [7, 11) is 0. The molecule has 0 bridgehead atoms. The van der Waals surface area contributed by atoms with Crippen molar-refractivity contribution in [3.05, 3.63) is 54.1 Å². The number of imidazole rings is 1. The Morgan fingerprint density at radius 3 is 2.79 bits per heavy atom. The van der Waals surface area contributed by atoms with E-state index < -0.39 is 17.7 Å². The average molecular weight is 335 g/mol. The summed E-state index contributed by atoms with van der Waals surface area (Å²) >= 11 is 0. The van der Waals surface area contributed by atoms with Gasteiger partial charge >= 0.3 is 12.1 Å². The number of halogens is 3. The summed E-state index contributed by atoms with van der Waals surface area (Å²) in [5, 5.41) is 0. The number of hydrogen-bond donors (Lipinski definition) is 0. The molecule has 0 aliphatic carbocycles. The highest BCUT2D eigenvalue weighted by atomic mass is 19.4. The lowest BCUT2D eigenvalue weighted by Gasteiger charge is -2.08. The number of alkyl halides is 3. The van der Waals surface area contributed by atoms with E-state index in [2.05, 4.69) is 9.97 Å². The van der Waals surface area contributed by atoms with Gasteiger partial charge in [-0.05, 0) is 19.1 Å². The van der Waals surface area contributed by atoms with Crippen molar-refractivity contribution in [1.82, 2.24) is 14.4 Å². The van der Waals surface area contributed by atoms with Crippen molar-refractivity contribution in [3.63, 3.8) is 0 Å². The van der Waals surface area contributed by atoms with Crippen molar-refractivity contribution in [2.45, 2.75) is 13.1 Å². The molecule has 8 heteroatoms. The molecule has 2 aromatic heterocycles. The van der Waals surface area contributed by atoms with Gasteiger partial charge in [0.1, 0.15) is 0 Å². The fourth-order valence-electron chi connectivity index (χ4n) is 2.21. The van der Waals surface area contributed by atoms with Crippen LogP contribution >= 0.6 is 0 Å². The number of carbonyl (C=O) groups is 1. The van der Waals surface area contributed by atoms with Crippen LogP contribution in [0.25, 0.3) is 16.9 Å². The molecule has 3 rings (SSSR count). The van der Waals surface area contributed by atoms with Gasteiger partial charge in [-0.2, -0.15) is 13.2 Å². The molecule has 0 aliphatic rings. The van der Waals surface area contributed by atoms with Gasteiger partial charge in [-0.15, -0.1) is 0 Å². The molecule has 0 N–H and O–H groups in total. The smallest absolute Gasteiger partial charge is 0.416 e. The van der Waals surface area contributed by atoms with Crippen LogP contribution in [0.3, 0.4) is 0 Å². The van der Waals surface area contributed by atoms with E-state index >= 15 is 0 Å². The fourth-order valence-corrected chi connectivity index (χ4v) is 2.21. The Kier molecular flexibility index (Phi) is 3.96. The lowest BCUT2D eigenvalue weighted by Crippen LogP contribution is -2.04. The van der Waals surface area contributed by atoms with Crippen LogP contribution in [0.1, 0.15) is 23.0 Å². The molecule has 0 amide bonds. The second-order valence-corrected chi connectivity index (χ2v) is 4.96. The van der Waals surface area contributed by atoms with Crippen molar-refractivity contribution < 1.29 is 22.7 Å². The number of nitrogens with zero attached hydrogens (tertiary/aromatic N) is 3. The SMILES string of the molecule is CCOC(=O)c1cn2cc(-c3cccc(C(F)(F)F)c3)ncc2n1. The Bertz CT molecular complexity index is 903. The zero-order chi connectivity index (χ0) is 17.3. The summed E-state index contributed by atoms with van der Waals surface area (Å²) in [5.41, 5.74) is 0.410. The van der Waals surface area contributed by atoms with Crippen molar-refractivity contribution in [2.24, 2.45) is 0 Å². The normalized spacial score (nSPS) is 11.7. The zero-order valence-electron chi connectivity index (χ0n) is 12.5. The van der Waals surface area contributed by atoms with Crippen LogP contribution in [0.5, 0.6) is 0 Å². The van der Waals surface area contributed by atoms with Gasteiger partial charge in [0, 0.05) is 18.0 Å². The molecule has 0 saturated heterocycles. The van der Waals surface area contributed by atoms with E-state index in [0.29, 0.717) is 16.9 Å². The molecule has 0 fully saturated rings. The van der Waals surface area contributed by atoms with E-state index in [1.807, 2.05) is 0 Å². The summed E-state index contributed by atoms with van der Waals surface area (Å²) in [6.07, 6.45) is -0.0722. The number of benzene rings is 1. The Hall–Kier alpha value is -2.90. The predicted molar refractivity (Wildman–Crippen MR) is 79.4 cm³/mol. The lowest BCUT2D eigenvalue weighted by molar-refractivity contribution is -0.137. The molecule has 24 heavy (non-hydrogen) atoms. The molecule has 124 valence electrons. The molecule has 1 aromatic carbocycles. The number of esters is 1. The Labute approximate surface area is 134 Å². The minimum absolute atomic E-state index is 0.111. The third kappa shape index (κ3) is 3.08. The van der Waals surface area contributed by atoms with E-state index in [4.69, 9.17) is 4.74 Å². The molecule has 3 aromatic rings. The molecular formula is C16H12F3N3O2. The molecule has 0 spiro atoms. The maximum absolute atomic E-state index is 12.8. The highest BCUT2D eigenvalue weighted by molar-refractivity contribution is 5.88. The molecule has 0 saturated carbocycles. The van der Waals surface area contributed by atoms with E-state index in [-0.39, 0.29) is 12.3 Å². The summed E-state index contributed by atoms with van der Waals surface area (Å²) in [4.78, 5) is 19.9. The van der Waals surface area contributed by atoms with Crippen LogP contribution in [0, 0.1) is 0 Å². The summed E-state index contributed by atoms with van der Waals surface area (Å²) in [5.74, 6) is -0.568. The van der Waals surface area contributed by atoms with Gasteiger partial charge < -0.3 is 9.14 Å². The quantitative estimate of drug-likeness (QED) is 0.687. The van der Waals surface area contributed by atoms with Gasteiger partial charge in [0.05, 0.1) is 24.1 Å². The topological polar surface area (TPSA) is 56.5 Å². The van der Waals surface area contributed by atoms with Crippen LogP contribution in [-0.2, 0) is 10.9 Å². The first-order valence-corrected chi connectivity index (χ1v) is 7.08. The van der Waals surface area contributed by atoms with E-state index in [1.54, 1.807) is 6.92 Å². The lowest BCUT2D eigenvalue weighted by atomic mass is 10.1. The maximum atomic E-state index is 12.8. The first-order chi connectivity index (χ1) is 11.4. The molecule has 2 heterocycles. The van der Waals surface area contributed by atoms with Crippen LogP contribution in [0.4, 0.5) is 13.2 Å². The Morgan fingerprint density at radius 1 is 1.29 bits per heavy atom. The summed E-state index contributed by atoms with van der Waals surface area (Å²) in [6, 6.07) is 4.88. The maximum Gasteiger partial charge on any atom is 0.416 e. The van der Waals surface area contributed by atoms with Crippen LogP contribution in [-0.4, -0.2) is 26.9 Å². The molecule has 0 radical (unpaired) electrons. The second kappa shape index (κ2) is 5.95. The van der Waals surface area contributed by atoms with Crippen molar-refractivity contribution in [3.8, 4) is 11.3 Å². The van der Waals surface area contributed by atoms with E-state index in [1.165, 1.54) is 35.1 Å². The van der Waals surface area contributed by atoms with Gasteiger partial charge in [-0.1, -0.05) is 12.1 Å². The number of aromatic nitrogens is 3. The minimum atomic E-state index is -4.42. The van der Waals surface area contributed by atoms with Crippen LogP contribution in [0.2, 0.25) is 0 Å². The Morgan fingerprint density at radius 2 is 2.08 bits per heavy atom. The highest BCUT2D eigenvalue weighted by Gasteiger charge is 2.30. The van der Waals surface area contributed by atoms with Gasteiger partial charge in [0.25, 0.3) is 0 Å². The number of rotatable bonds is 3. The largest absolute Gasteiger partial charge is 0.461 e. The second-order valence-electron chi connectivity index (χ2n) is 4.96. The van der Waals surface area contributed by atoms with Gasteiger partial charge in [-0.3, -0.25) is 4.98 Å². The summed E-state index contributed by atoms with van der Waals surface area (Å²) in [6.45, 7) is 1.90. The van der Waals surface area contributed by atoms with E-state index in [9.17, 15) is 18.0 Å². The van der Waals surface area contributed by atoms with Crippen molar-refractivity contribution in [2.75, 3.05) is 6.61 Å². The molecular weight excluding hydrogens is 323 g/mol. The first kappa shape index (κ1) is 16.0. The number of fused-ring (bicyclic) bond motifs is 1. The number of ether oxygens (including phenoxy) is 1. The van der Waals surface area contributed by atoms with E-state index in [0.717, 1.165) is 12.1 Å². The molecule has 5 nitrogen and oxygen atoms in total. The predicted octanol–water partition coefficient (Wildman–Crippen LogP) is 3.59. The number of hydrogen-bond acceptors (Lipinski definition) is 4. The monoisotopic (exact) mass is 335 g/mol. The van der Waals surface area contributed by atoms with Crippen LogP contribution in [0.15, 0.2) is 42.9 Å². The molecule has 0 atom stereocenters. The Balaban J connectivity index is 2.00. The van der Waals surface area contributed by atoms with Crippen molar-refractivity contribution >= 4 is 11.6 Å². The summed E-state index contributed by atoms with van der Waals surface area (Å²) < 4.78 is 44.8. The van der Waals surface area contributed by atoms with Gasteiger partial charge in [0.2, 0.25) is 0 Å². The molecule has 0 aliphatic heterocycles. The first-order valence-electron chi connectivity index (χ1n) is 7.08. The van der Waals surface area contributed by atoms with Gasteiger partial charge in [0.15, 0.2) is 11.3 Å². The highest BCUT2D eigenvalue weighted by Crippen LogP contribution is 2.31. The third-order valence-corrected chi connectivity index (χ3v) is 3.31. The molecule has 0 unspecified atom stereocenters. The third-order valence-electron chi connectivity index (χ3n) is 3.31. The van der Waals surface area contributed by atoms with Crippen molar-refractivity contribution in [1.29, 1.82) is 0 Å². The van der Waals surface area contributed by atoms with Gasteiger partial charge in [-0.25, -0.2) is 9.78 Å². The van der Waals surface area contributed by atoms with Crippen LogP contribution < -0.4 is 0 Å². The number of carbonyl (C=O) groups excluding carboxylic acids is 1. The average Bonchev–Trinajstić information content (AvgIpc) is 2.97. The fraction of sp³-hybridized carbons (Fsp3) is 0.188. The zero-order valence-corrected chi connectivity index (χ0v) is 12.5. The standard InChI is InChI=1S/C16H12F3N3O2/c1-2-24-15(23)13-9-22-8-12(20-7-14(22)21-13)10-4-3-5-11(6-10)16(17,18)19/h3-9H,2H2,1H3.